The zero-order valence-corrected chi connectivity index (χ0v) is 15.8. The zero-order chi connectivity index (χ0) is 18.1. The standard InChI is InChI=1S/C18H24NO4P/c1-7-11-19(17(20)23-18(2,3)4)14-8-9-15(24(5,6)21)13-10-12-22-16(13)14/h1,8-9H,10-12H2,2-6H3. The molecule has 0 unspecified atom stereocenters. The van der Waals surface area contributed by atoms with Crippen LogP contribution in [0, 0.1) is 12.3 Å². The number of terminal acetylenes is 1. The average Bonchev–Trinajstić information content (AvgIpc) is 2.89. The maximum Gasteiger partial charge on any atom is 0.415 e. The lowest BCUT2D eigenvalue weighted by Gasteiger charge is -2.27. The smallest absolute Gasteiger partial charge is 0.415 e. The Balaban J connectivity index is 2.50. The minimum Gasteiger partial charge on any atom is -0.491 e. The minimum absolute atomic E-state index is 0.0694. The summed E-state index contributed by atoms with van der Waals surface area (Å²) < 4.78 is 23.7. The van der Waals surface area contributed by atoms with Crippen molar-refractivity contribution < 1.29 is 18.8 Å². The molecule has 1 aliphatic heterocycles. The van der Waals surface area contributed by atoms with E-state index in [-0.39, 0.29) is 6.54 Å². The second-order valence-corrected chi connectivity index (χ2v) is 10.3. The molecule has 5 nitrogen and oxygen atoms in total. The predicted molar refractivity (Wildman–Crippen MR) is 97.1 cm³/mol. The van der Waals surface area contributed by atoms with Crippen molar-refractivity contribution in [3.8, 4) is 18.1 Å². The van der Waals surface area contributed by atoms with Gasteiger partial charge in [0.25, 0.3) is 0 Å². The van der Waals surface area contributed by atoms with Crippen LogP contribution in [0.3, 0.4) is 0 Å². The fraction of sp³-hybridized carbons (Fsp3) is 0.500. The third kappa shape index (κ3) is 3.94. The van der Waals surface area contributed by atoms with E-state index in [9.17, 15) is 9.36 Å². The number of anilines is 1. The van der Waals surface area contributed by atoms with Crippen LogP contribution in [0.25, 0.3) is 0 Å². The first-order valence-corrected chi connectivity index (χ1v) is 10.4. The van der Waals surface area contributed by atoms with Crippen LogP contribution in [0.5, 0.6) is 5.75 Å². The normalized spacial score (nSPS) is 13.7. The summed E-state index contributed by atoms with van der Waals surface area (Å²) in [5.74, 6) is 3.06. The van der Waals surface area contributed by atoms with Gasteiger partial charge >= 0.3 is 6.09 Å². The Hall–Kier alpha value is -1.92. The van der Waals surface area contributed by atoms with E-state index in [4.69, 9.17) is 15.9 Å². The molecule has 1 aliphatic rings. The van der Waals surface area contributed by atoms with Gasteiger partial charge in [0.15, 0.2) is 0 Å². The number of hydrogen-bond donors (Lipinski definition) is 0. The Labute approximate surface area is 143 Å². The van der Waals surface area contributed by atoms with Crippen LogP contribution < -0.4 is 14.9 Å². The molecular formula is C18H24NO4P. The fourth-order valence-electron chi connectivity index (χ4n) is 2.64. The van der Waals surface area contributed by atoms with Crippen LogP contribution in [0.4, 0.5) is 10.5 Å². The molecule has 0 radical (unpaired) electrons. The average molecular weight is 349 g/mol. The molecule has 0 N–H and O–H groups in total. The van der Waals surface area contributed by atoms with Gasteiger partial charge in [-0.25, -0.2) is 4.79 Å². The number of fused-ring (bicyclic) bond motifs is 1. The Kier molecular flexibility index (Phi) is 5.01. The van der Waals surface area contributed by atoms with Crippen molar-refractivity contribution >= 4 is 24.2 Å². The minimum atomic E-state index is -2.44. The highest BCUT2D eigenvalue weighted by atomic mass is 31.2. The lowest BCUT2D eigenvalue weighted by molar-refractivity contribution is 0.0584. The molecule has 130 valence electrons. The van der Waals surface area contributed by atoms with Crippen molar-refractivity contribution in [2.24, 2.45) is 0 Å². The summed E-state index contributed by atoms with van der Waals surface area (Å²) >= 11 is 0. The molecule has 0 atom stereocenters. The molecule has 0 aromatic heterocycles. The first-order valence-electron chi connectivity index (χ1n) is 7.83. The Morgan fingerprint density at radius 2 is 2.08 bits per heavy atom. The van der Waals surface area contributed by atoms with Gasteiger partial charge in [-0.1, -0.05) is 5.92 Å². The van der Waals surface area contributed by atoms with E-state index in [1.807, 2.05) is 0 Å². The van der Waals surface area contributed by atoms with Gasteiger partial charge in [-0.15, -0.1) is 6.42 Å². The van der Waals surface area contributed by atoms with E-state index in [1.165, 1.54) is 4.90 Å². The highest BCUT2D eigenvalue weighted by Gasteiger charge is 2.31. The van der Waals surface area contributed by atoms with E-state index in [1.54, 1.807) is 46.2 Å². The molecule has 1 amide bonds. The Morgan fingerprint density at radius 1 is 1.42 bits per heavy atom. The number of carbonyl (C=O) groups is 1. The van der Waals surface area contributed by atoms with Gasteiger partial charge in [-0.05, 0) is 46.2 Å². The van der Waals surface area contributed by atoms with Gasteiger partial charge in [0, 0.05) is 17.3 Å². The van der Waals surface area contributed by atoms with Crippen LogP contribution >= 0.6 is 7.14 Å². The molecule has 24 heavy (non-hydrogen) atoms. The summed E-state index contributed by atoms with van der Waals surface area (Å²) in [6, 6.07) is 3.54. The molecule has 2 rings (SSSR count). The third-order valence-electron chi connectivity index (χ3n) is 3.55. The number of hydrogen-bond acceptors (Lipinski definition) is 4. The predicted octanol–water partition coefficient (Wildman–Crippen LogP) is 3.24. The topological polar surface area (TPSA) is 55.8 Å². The molecule has 1 aromatic carbocycles. The van der Waals surface area contributed by atoms with Gasteiger partial charge in [0.05, 0.1) is 18.8 Å². The number of amides is 1. The summed E-state index contributed by atoms with van der Waals surface area (Å²) in [6.45, 7) is 9.42. The number of benzene rings is 1. The van der Waals surface area contributed by atoms with Crippen molar-refractivity contribution in [3.63, 3.8) is 0 Å². The van der Waals surface area contributed by atoms with Gasteiger partial charge in [0.1, 0.15) is 18.5 Å². The maximum absolute atomic E-state index is 12.5. The molecule has 6 heteroatoms. The Morgan fingerprint density at radius 3 is 2.62 bits per heavy atom. The van der Waals surface area contributed by atoms with Crippen LogP contribution in [0.15, 0.2) is 12.1 Å². The first kappa shape index (κ1) is 18.4. The van der Waals surface area contributed by atoms with Crippen molar-refractivity contribution in [3.05, 3.63) is 17.7 Å². The van der Waals surface area contributed by atoms with Gasteiger partial charge < -0.3 is 14.0 Å². The Bertz CT molecular complexity index is 737. The number of ether oxygens (including phenoxy) is 2. The van der Waals surface area contributed by atoms with Crippen LogP contribution in [0.2, 0.25) is 0 Å². The second-order valence-electron chi connectivity index (χ2n) is 7.13. The van der Waals surface area contributed by atoms with Crippen LogP contribution in [0.1, 0.15) is 26.3 Å². The molecule has 1 heterocycles. The van der Waals surface area contributed by atoms with Gasteiger partial charge in [0.2, 0.25) is 0 Å². The summed E-state index contributed by atoms with van der Waals surface area (Å²) in [5.41, 5.74) is 0.828. The maximum atomic E-state index is 12.5. The summed E-state index contributed by atoms with van der Waals surface area (Å²) in [7, 11) is -2.44. The fourth-order valence-corrected chi connectivity index (χ4v) is 3.93. The van der Waals surface area contributed by atoms with Crippen molar-refractivity contribution in [2.75, 3.05) is 31.4 Å². The molecule has 0 aliphatic carbocycles. The van der Waals surface area contributed by atoms with Crippen molar-refractivity contribution in [2.45, 2.75) is 32.8 Å². The molecular weight excluding hydrogens is 325 g/mol. The van der Waals surface area contributed by atoms with E-state index in [2.05, 4.69) is 5.92 Å². The highest BCUT2D eigenvalue weighted by Crippen LogP contribution is 2.44. The van der Waals surface area contributed by atoms with E-state index in [0.29, 0.717) is 24.5 Å². The van der Waals surface area contributed by atoms with Gasteiger partial charge in [-0.2, -0.15) is 0 Å². The van der Waals surface area contributed by atoms with E-state index in [0.717, 1.165) is 10.9 Å². The van der Waals surface area contributed by atoms with E-state index >= 15 is 0 Å². The monoisotopic (exact) mass is 349 g/mol. The zero-order valence-electron chi connectivity index (χ0n) is 14.9. The highest BCUT2D eigenvalue weighted by molar-refractivity contribution is 7.70. The quantitative estimate of drug-likeness (QED) is 0.621. The summed E-state index contributed by atoms with van der Waals surface area (Å²) in [6.07, 6.45) is 5.57. The van der Waals surface area contributed by atoms with Gasteiger partial charge in [-0.3, -0.25) is 4.90 Å². The lowest BCUT2D eigenvalue weighted by atomic mass is 10.1. The number of nitrogens with zero attached hydrogens (tertiary/aromatic N) is 1. The van der Waals surface area contributed by atoms with Crippen molar-refractivity contribution in [1.82, 2.24) is 0 Å². The summed E-state index contributed by atoms with van der Waals surface area (Å²) in [5, 5.41) is 0.795. The SMILES string of the molecule is C#CCN(C(=O)OC(C)(C)C)c1ccc(P(C)(C)=O)c2c1OCC2. The number of carbonyl (C=O) groups excluding carboxylic acids is 1. The van der Waals surface area contributed by atoms with Crippen molar-refractivity contribution in [1.29, 1.82) is 0 Å². The molecule has 0 spiro atoms. The second kappa shape index (κ2) is 6.53. The van der Waals surface area contributed by atoms with Crippen LogP contribution in [-0.4, -0.2) is 38.2 Å². The van der Waals surface area contributed by atoms with E-state index < -0.39 is 18.8 Å². The molecule has 0 bridgehead atoms. The lowest BCUT2D eigenvalue weighted by Crippen LogP contribution is -2.37. The number of rotatable bonds is 3. The summed E-state index contributed by atoms with van der Waals surface area (Å²) in [4.78, 5) is 13.9. The molecule has 0 fully saturated rings. The molecule has 1 aromatic rings. The molecule has 0 saturated carbocycles. The third-order valence-corrected chi connectivity index (χ3v) is 5.13. The first-order chi connectivity index (χ1) is 11.0. The largest absolute Gasteiger partial charge is 0.491 e. The molecule has 0 saturated heterocycles. The van der Waals surface area contributed by atoms with Crippen LogP contribution in [-0.2, 0) is 15.7 Å².